The van der Waals surface area contributed by atoms with Gasteiger partial charge in [-0.05, 0) is 12.8 Å². The molecule has 1 saturated carbocycles. The molecule has 0 aromatic heterocycles. The summed E-state index contributed by atoms with van der Waals surface area (Å²) in [6, 6.07) is 0. The molecular weight excluding hydrogens is 241 g/mol. The Morgan fingerprint density at radius 3 is 2.40 bits per heavy atom. The smallest absolute Gasteiger partial charge is 0.221 e. The molecule has 0 bridgehead atoms. The van der Waals surface area contributed by atoms with Gasteiger partial charge in [-0.15, -0.1) is 0 Å². The monoisotopic (exact) mass is 253 g/mol. The summed E-state index contributed by atoms with van der Waals surface area (Å²) in [5, 5.41) is 0. The van der Waals surface area contributed by atoms with Crippen LogP contribution in [0.2, 0.25) is 0 Å². The summed E-state index contributed by atoms with van der Waals surface area (Å²) < 4.78 is 0.490. The maximum absolute atomic E-state index is 10.8. The second-order valence-electron chi connectivity index (χ2n) is 2.81. The van der Waals surface area contributed by atoms with Gasteiger partial charge < -0.3 is 5.73 Å². The molecule has 2 atom stereocenters. The molecule has 1 rings (SSSR count). The summed E-state index contributed by atoms with van der Waals surface area (Å²) in [6.07, 6.45) is 4.60. The van der Waals surface area contributed by atoms with Gasteiger partial charge in [-0.2, -0.15) is 0 Å². The number of carbonyl (C=O) groups is 1. The van der Waals surface area contributed by atoms with Gasteiger partial charge in [0.1, 0.15) is 0 Å². The average Bonchev–Trinajstić information content (AvgIpc) is 1.88. The minimum absolute atomic E-state index is 0.112. The summed E-state index contributed by atoms with van der Waals surface area (Å²) in [7, 11) is 0. The Kier molecular flexibility index (Phi) is 2.95. The molecule has 58 valence electrons. The van der Waals surface area contributed by atoms with Crippen molar-refractivity contribution in [3.63, 3.8) is 0 Å². The van der Waals surface area contributed by atoms with Crippen LogP contribution < -0.4 is 5.73 Å². The summed E-state index contributed by atoms with van der Waals surface area (Å²) in [6.45, 7) is 0. The standard InChI is InChI=1S/C7H12INO/c8-6-4-2-1-3-5(6)7(9)10/h5-6H,1-4H2,(H2,9,10). The van der Waals surface area contributed by atoms with Gasteiger partial charge in [0.2, 0.25) is 5.91 Å². The number of halogens is 1. The minimum atomic E-state index is -0.112. The Labute approximate surface area is 74.7 Å². The summed E-state index contributed by atoms with van der Waals surface area (Å²) in [5.41, 5.74) is 5.21. The zero-order valence-electron chi connectivity index (χ0n) is 5.85. The zero-order chi connectivity index (χ0) is 7.56. The van der Waals surface area contributed by atoms with E-state index in [0.29, 0.717) is 3.92 Å². The topological polar surface area (TPSA) is 43.1 Å². The molecule has 0 spiro atoms. The lowest BCUT2D eigenvalue weighted by Gasteiger charge is -2.24. The molecule has 2 N–H and O–H groups in total. The molecule has 0 heterocycles. The van der Waals surface area contributed by atoms with Crippen molar-refractivity contribution < 1.29 is 4.79 Å². The zero-order valence-corrected chi connectivity index (χ0v) is 8.00. The number of nitrogens with two attached hydrogens (primary N) is 1. The first kappa shape index (κ1) is 8.30. The predicted molar refractivity (Wildman–Crippen MR) is 49.0 cm³/mol. The van der Waals surface area contributed by atoms with Crippen LogP contribution in [-0.2, 0) is 4.79 Å². The Morgan fingerprint density at radius 2 is 2.00 bits per heavy atom. The van der Waals surface area contributed by atoms with Crippen LogP contribution in [0.15, 0.2) is 0 Å². The van der Waals surface area contributed by atoms with Crippen LogP contribution in [0.4, 0.5) is 0 Å². The van der Waals surface area contributed by atoms with Crippen LogP contribution in [0.25, 0.3) is 0 Å². The van der Waals surface area contributed by atoms with E-state index < -0.39 is 0 Å². The Balaban J connectivity index is 2.47. The molecule has 0 aromatic rings. The van der Waals surface area contributed by atoms with Gasteiger partial charge in [0.25, 0.3) is 0 Å². The first-order valence-electron chi connectivity index (χ1n) is 3.65. The van der Waals surface area contributed by atoms with E-state index in [1.54, 1.807) is 0 Å². The van der Waals surface area contributed by atoms with E-state index >= 15 is 0 Å². The van der Waals surface area contributed by atoms with Crippen molar-refractivity contribution in [1.29, 1.82) is 0 Å². The third-order valence-corrected chi connectivity index (χ3v) is 3.54. The van der Waals surface area contributed by atoms with Crippen molar-refractivity contribution in [3.8, 4) is 0 Å². The van der Waals surface area contributed by atoms with Crippen LogP contribution in [0.3, 0.4) is 0 Å². The number of carbonyl (C=O) groups excluding carboxylic acids is 1. The molecule has 0 radical (unpaired) electrons. The Morgan fingerprint density at radius 1 is 1.40 bits per heavy atom. The molecule has 0 saturated heterocycles. The van der Waals surface area contributed by atoms with Gasteiger partial charge in [-0.3, -0.25) is 4.79 Å². The van der Waals surface area contributed by atoms with Gasteiger partial charge in [-0.25, -0.2) is 0 Å². The molecule has 2 unspecified atom stereocenters. The quantitative estimate of drug-likeness (QED) is 0.558. The van der Waals surface area contributed by atoms with E-state index in [4.69, 9.17) is 5.73 Å². The lowest BCUT2D eigenvalue weighted by atomic mass is 9.89. The molecule has 0 aromatic carbocycles. The summed E-state index contributed by atoms with van der Waals surface area (Å²) in [4.78, 5) is 10.8. The highest BCUT2D eigenvalue weighted by Crippen LogP contribution is 2.29. The third kappa shape index (κ3) is 1.84. The van der Waals surface area contributed by atoms with Crippen molar-refractivity contribution in [2.75, 3.05) is 0 Å². The highest BCUT2D eigenvalue weighted by atomic mass is 127. The van der Waals surface area contributed by atoms with Gasteiger partial charge >= 0.3 is 0 Å². The second kappa shape index (κ2) is 3.55. The maximum Gasteiger partial charge on any atom is 0.221 e. The van der Waals surface area contributed by atoms with Crippen molar-refractivity contribution in [2.45, 2.75) is 29.6 Å². The normalized spacial score (nSPS) is 33.7. The third-order valence-electron chi connectivity index (χ3n) is 2.05. The van der Waals surface area contributed by atoms with Gasteiger partial charge in [0, 0.05) is 9.84 Å². The highest BCUT2D eigenvalue weighted by molar-refractivity contribution is 14.1. The highest BCUT2D eigenvalue weighted by Gasteiger charge is 2.26. The summed E-state index contributed by atoms with van der Waals surface area (Å²) >= 11 is 2.33. The summed E-state index contributed by atoms with van der Waals surface area (Å²) in [5.74, 6) is 0.0356. The Hall–Kier alpha value is 0.200. The number of rotatable bonds is 1. The van der Waals surface area contributed by atoms with E-state index in [0.717, 1.165) is 12.8 Å². The van der Waals surface area contributed by atoms with E-state index in [1.165, 1.54) is 12.8 Å². The van der Waals surface area contributed by atoms with Crippen molar-refractivity contribution >= 4 is 28.5 Å². The van der Waals surface area contributed by atoms with E-state index in [1.807, 2.05) is 0 Å². The number of primary amides is 1. The molecule has 1 aliphatic rings. The molecule has 1 amide bonds. The molecule has 10 heavy (non-hydrogen) atoms. The lowest BCUT2D eigenvalue weighted by molar-refractivity contribution is -0.122. The van der Waals surface area contributed by atoms with E-state index in [9.17, 15) is 4.79 Å². The molecule has 1 aliphatic carbocycles. The first-order valence-corrected chi connectivity index (χ1v) is 4.90. The number of hydrogen-bond acceptors (Lipinski definition) is 1. The molecular formula is C7H12INO. The van der Waals surface area contributed by atoms with Crippen LogP contribution in [0, 0.1) is 5.92 Å². The molecule has 3 heteroatoms. The number of amides is 1. The lowest BCUT2D eigenvalue weighted by Crippen LogP contribution is -2.32. The van der Waals surface area contributed by atoms with Crippen LogP contribution in [-0.4, -0.2) is 9.83 Å². The van der Waals surface area contributed by atoms with Crippen LogP contribution >= 0.6 is 22.6 Å². The van der Waals surface area contributed by atoms with Crippen molar-refractivity contribution in [3.05, 3.63) is 0 Å². The van der Waals surface area contributed by atoms with Crippen LogP contribution in [0.5, 0.6) is 0 Å². The van der Waals surface area contributed by atoms with Crippen LogP contribution in [0.1, 0.15) is 25.7 Å². The predicted octanol–water partition coefficient (Wildman–Crippen LogP) is 1.47. The fourth-order valence-corrected chi connectivity index (χ4v) is 2.56. The number of hydrogen-bond donors (Lipinski definition) is 1. The van der Waals surface area contributed by atoms with E-state index in [-0.39, 0.29) is 11.8 Å². The van der Waals surface area contributed by atoms with E-state index in [2.05, 4.69) is 22.6 Å². The fraction of sp³-hybridized carbons (Fsp3) is 0.857. The van der Waals surface area contributed by atoms with Gasteiger partial charge in [0.05, 0.1) is 0 Å². The van der Waals surface area contributed by atoms with Gasteiger partial charge in [0.15, 0.2) is 0 Å². The molecule has 1 fully saturated rings. The average molecular weight is 253 g/mol. The minimum Gasteiger partial charge on any atom is -0.369 e. The first-order chi connectivity index (χ1) is 4.72. The van der Waals surface area contributed by atoms with Crippen molar-refractivity contribution in [1.82, 2.24) is 0 Å². The molecule has 0 aliphatic heterocycles. The number of alkyl halides is 1. The SMILES string of the molecule is NC(=O)C1CCCCC1I. The maximum atomic E-state index is 10.8. The largest absolute Gasteiger partial charge is 0.369 e. The fourth-order valence-electron chi connectivity index (χ4n) is 1.41. The van der Waals surface area contributed by atoms with Crippen molar-refractivity contribution in [2.24, 2.45) is 11.7 Å². The van der Waals surface area contributed by atoms with Gasteiger partial charge in [-0.1, -0.05) is 35.4 Å². The molecule has 2 nitrogen and oxygen atoms in total. The Bertz CT molecular complexity index is 138. The second-order valence-corrected chi connectivity index (χ2v) is 4.41.